The number of aromatic nitrogens is 4. The molecule has 25 heavy (non-hydrogen) atoms. The van der Waals surface area contributed by atoms with Crippen LogP contribution in [0.3, 0.4) is 0 Å². The first-order valence-corrected chi connectivity index (χ1v) is 8.36. The average Bonchev–Trinajstić information content (AvgIpc) is 3.26. The third-order valence-corrected chi connectivity index (χ3v) is 4.90. The Balaban J connectivity index is 1.73. The van der Waals surface area contributed by atoms with Gasteiger partial charge in [0.15, 0.2) is 5.65 Å². The van der Waals surface area contributed by atoms with Crippen molar-refractivity contribution in [3.05, 3.63) is 63.5 Å². The fourth-order valence-corrected chi connectivity index (χ4v) is 3.40. The van der Waals surface area contributed by atoms with Gasteiger partial charge in [-0.25, -0.2) is 9.50 Å². The summed E-state index contributed by atoms with van der Waals surface area (Å²) in [4.78, 5) is 35.5. The van der Waals surface area contributed by atoms with Crippen LogP contribution in [0, 0.1) is 13.8 Å². The number of likely N-dealkylation sites (tertiary alicyclic amines) is 1. The van der Waals surface area contributed by atoms with E-state index < -0.39 is 0 Å². The summed E-state index contributed by atoms with van der Waals surface area (Å²) in [5.41, 5.74) is 3.31. The molecule has 0 bridgehead atoms. The number of carbonyl (C=O) groups is 1. The SMILES string of the molecule is Cc1nc2cc(C3CCCN3C(=O)c3ccncc3)[nH]n2c(=O)c1C. The zero-order valence-corrected chi connectivity index (χ0v) is 14.2. The summed E-state index contributed by atoms with van der Waals surface area (Å²) in [7, 11) is 0. The average molecular weight is 337 g/mol. The zero-order valence-electron chi connectivity index (χ0n) is 14.2. The summed E-state index contributed by atoms with van der Waals surface area (Å²) in [5.74, 6) is -0.0174. The first kappa shape index (κ1) is 15.6. The summed E-state index contributed by atoms with van der Waals surface area (Å²) < 4.78 is 1.46. The van der Waals surface area contributed by atoms with Gasteiger partial charge in [-0.15, -0.1) is 0 Å². The number of hydrogen-bond donors (Lipinski definition) is 1. The fraction of sp³-hybridized carbons (Fsp3) is 0.333. The number of nitrogens with zero attached hydrogens (tertiary/aromatic N) is 4. The Morgan fingerprint density at radius 1 is 1.28 bits per heavy atom. The zero-order chi connectivity index (χ0) is 17.6. The topological polar surface area (TPSA) is 83.4 Å². The van der Waals surface area contributed by atoms with Gasteiger partial charge >= 0.3 is 0 Å². The van der Waals surface area contributed by atoms with Crippen LogP contribution in [0.15, 0.2) is 35.4 Å². The predicted molar refractivity (Wildman–Crippen MR) is 92.5 cm³/mol. The number of pyridine rings is 1. The molecule has 0 aliphatic carbocycles. The van der Waals surface area contributed by atoms with Gasteiger partial charge in [0, 0.05) is 41.8 Å². The van der Waals surface area contributed by atoms with E-state index in [0.29, 0.717) is 23.3 Å². The molecule has 3 aromatic heterocycles. The lowest BCUT2D eigenvalue weighted by Gasteiger charge is -2.23. The largest absolute Gasteiger partial charge is 0.330 e. The molecule has 4 rings (SSSR count). The Morgan fingerprint density at radius 3 is 2.80 bits per heavy atom. The molecule has 1 amide bonds. The van der Waals surface area contributed by atoms with Crippen molar-refractivity contribution in [2.75, 3.05) is 6.54 Å². The lowest BCUT2D eigenvalue weighted by molar-refractivity contribution is 0.0732. The number of H-pyrrole nitrogens is 1. The Kier molecular flexibility index (Phi) is 3.63. The van der Waals surface area contributed by atoms with Gasteiger partial charge in [-0.05, 0) is 38.8 Å². The molecule has 1 saturated heterocycles. The molecule has 0 radical (unpaired) electrons. The minimum Gasteiger partial charge on any atom is -0.330 e. The van der Waals surface area contributed by atoms with Crippen LogP contribution in [0.5, 0.6) is 0 Å². The van der Waals surface area contributed by atoms with E-state index >= 15 is 0 Å². The second kappa shape index (κ2) is 5.84. The summed E-state index contributed by atoms with van der Waals surface area (Å²) >= 11 is 0. The summed E-state index contributed by atoms with van der Waals surface area (Å²) in [6.07, 6.45) is 5.03. The molecule has 3 aromatic rings. The fourth-order valence-electron chi connectivity index (χ4n) is 3.40. The summed E-state index contributed by atoms with van der Waals surface area (Å²) in [5, 5.41) is 3.15. The second-order valence-corrected chi connectivity index (χ2v) is 6.42. The van der Waals surface area contributed by atoms with Crippen LogP contribution in [0.4, 0.5) is 0 Å². The van der Waals surface area contributed by atoms with E-state index in [2.05, 4.69) is 15.1 Å². The van der Waals surface area contributed by atoms with Crippen LogP contribution >= 0.6 is 0 Å². The highest BCUT2D eigenvalue weighted by atomic mass is 16.2. The Morgan fingerprint density at radius 2 is 2.04 bits per heavy atom. The highest BCUT2D eigenvalue weighted by Gasteiger charge is 2.32. The molecule has 0 aromatic carbocycles. The monoisotopic (exact) mass is 337 g/mol. The summed E-state index contributed by atoms with van der Waals surface area (Å²) in [6, 6.07) is 5.24. The molecule has 128 valence electrons. The number of hydrogen-bond acceptors (Lipinski definition) is 4. The molecule has 1 unspecified atom stereocenters. The first-order valence-electron chi connectivity index (χ1n) is 8.36. The molecule has 0 spiro atoms. The van der Waals surface area contributed by atoms with Gasteiger partial charge in [0.1, 0.15) is 0 Å². The van der Waals surface area contributed by atoms with Crippen molar-refractivity contribution < 1.29 is 4.79 Å². The van der Waals surface area contributed by atoms with Gasteiger partial charge in [-0.2, -0.15) is 0 Å². The second-order valence-electron chi connectivity index (χ2n) is 6.42. The number of amides is 1. The van der Waals surface area contributed by atoms with Crippen molar-refractivity contribution in [2.45, 2.75) is 32.7 Å². The predicted octanol–water partition coefficient (Wildman–Crippen LogP) is 2.01. The van der Waals surface area contributed by atoms with E-state index in [4.69, 9.17) is 0 Å². The standard InChI is InChI=1S/C18H19N5O2/c1-11-12(2)20-16-10-14(21-23(16)17(11)24)15-4-3-9-22(15)18(25)13-5-7-19-8-6-13/h5-8,10,15,21H,3-4,9H2,1-2H3. The molecule has 1 N–H and O–H groups in total. The minimum absolute atomic E-state index is 0.0174. The lowest BCUT2D eigenvalue weighted by atomic mass is 10.1. The maximum absolute atomic E-state index is 12.8. The van der Waals surface area contributed by atoms with Gasteiger partial charge < -0.3 is 4.90 Å². The number of fused-ring (bicyclic) bond motifs is 1. The Hall–Kier alpha value is -2.96. The number of nitrogens with one attached hydrogen (secondary N) is 1. The molecule has 1 aliphatic heterocycles. The Labute approximate surface area is 144 Å². The van der Waals surface area contributed by atoms with Crippen LogP contribution < -0.4 is 5.56 Å². The molecule has 7 heteroatoms. The minimum atomic E-state index is -0.0984. The van der Waals surface area contributed by atoms with Gasteiger partial charge in [0.05, 0.1) is 11.7 Å². The van der Waals surface area contributed by atoms with Crippen molar-refractivity contribution in [1.82, 2.24) is 24.5 Å². The number of aromatic amines is 1. The highest BCUT2D eigenvalue weighted by Crippen LogP contribution is 2.32. The van der Waals surface area contributed by atoms with E-state index in [-0.39, 0.29) is 17.5 Å². The van der Waals surface area contributed by atoms with Crippen molar-refractivity contribution in [2.24, 2.45) is 0 Å². The molecule has 1 aliphatic rings. The maximum atomic E-state index is 12.8. The van der Waals surface area contributed by atoms with E-state index in [9.17, 15) is 9.59 Å². The van der Waals surface area contributed by atoms with Crippen LogP contribution in [0.25, 0.3) is 5.65 Å². The maximum Gasteiger partial charge on any atom is 0.275 e. The number of carbonyl (C=O) groups excluding carboxylic acids is 1. The molecule has 0 saturated carbocycles. The number of rotatable bonds is 2. The van der Waals surface area contributed by atoms with Crippen molar-refractivity contribution in [3.63, 3.8) is 0 Å². The first-order chi connectivity index (χ1) is 12.1. The van der Waals surface area contributed by atoms with Crippen LogP contribution in [0.2, 0.25) is 0 Å². The Bertz CT molecular complexity index is 1010. The van der Waals surface area contributed by atoms with Gasteiger partial charge in [-0.3, -0.25) is 19.7 Å². The van der Waals surface area contributed by atoms with Crippen LogP contribution in [0.1, 0.15) is 46.2 Å². The van der Waals surface area contributed by atoms with Crippen LogP contribution in [-0.4, -0.2) is 36.9 Å². The third-order valence-electron chi connectivity index (χ3n) is 4.90. The van der Waals surface area contributed by atoms with Gasteiger partial charge in [0.25, 0.3) is 11.5 Å². The molecule has 1 fully saturated rings. The third kappa shape index (κ3) is 2.52. The lowest BCUT2D eigenvalue weighted by Crippen LogP contribution is -2.31. The van der Waals surface area contributed by atoms with E-state index in [1.165, 1.54) is 4.52 Å². The van der Waals surface area contributed by atoms with E-state index in [0.717, 1.165) is 24.2 Å². The van der Waals surface area contributed by atoms with Gasteiger partial charge in [-0.1, -0.05) is 0 Å². The number of aryl methyl sites for hydroxylation is 1. The molecular formula is C18H19N5O2. The quantitative estimate of drug-likeness (QED) is 0.775. The molecule has 1 atom stereocenters. The molecule has 7 nitrogen and oxygen atoms in total. The van der Waals surface area contributed by atoms with Crippen molar-refractivity contribution in [3.8, 4) is 0 Å². The van der Waals surface area contributed by atoms with Crippen molar-refractivity contribution >= 4 is 11.6 Å². The van der Waals surface area contributed by atoms with E-state index in [1.54, 1.807) is 31.5 Å². The van der Waals surface area contributed by atoms with E-state index in [1.807, 2.05) is 17.9 Å². The smallest absolute Gasteiger partial charge is 0.275 e. The molecule has 4 heterocycles. The van der Waals surface area contributed by atoms with Crippen molar-refractivity contribution in [1.29, 1.82) is 0 Å². The van der Waals surface area contributed by atoms with Gasteiger partial charge in [0.2, 0.25) is 0 Å². The normalized spacial score (nSPS) is 17.4. The van der Waals surface area contributed by atoms with Crippen LogP contribution in [-0.2, 0) is 0 Å². The highest BCUT2D eigenvalue weighted by molar-refractivity contribution is 5.94. The summed E-state index contributed by atoms with van der Waals surface area (Å²) in [6.45, 7) is 4.30. The molecular weight excluding hydrogens is 318 g/mol.